The quantitative estimate of drug-likeness (QED) is 0.503. The third-order valence-corrected chi connectivity index (χ3v) is 3.61. The zero-order valence-corrected chi connectivity index (χ0v) is 12.3. The fourth-order valence-electron chi connectivity index (χ4n) is 2.19. The van der Waals surface area contributed by atoms with E-state index in [0.29, 0.717) is 30.0 Å². The number of nitrogens with zero attached hydrogens (tertiary/aromatic N) is 2. The number of aliphatic hydroxyl groups excluding tert-OH is 1. The predicted octanol–water partition coefficient (Wildman–Crippen LogP) is 2.00. The van der Waals surface area contributed by atoms with Crippen LogP contribution in [0.25, 0.3) is 0 Å². The molecule has 0 spiro atoms. The summed E-state index contributed by atoms with van der Waals surface area (Å²) < 4.78 is 0. The number of pyridine rings is 1. The zero-order chi connectivity index (χ0) is 14.3. The van der Waals surface area contributed by atoms with E-state index in [0.717, 1.165) is 18.5 Å². The summed E-state index contributed by atoms with van der Waals surface area (Å²) in [5.74, 6) is 5.95. The molecule has 1 aromatic heterocycles. The second kappa shape index (κ2) is 8.32. The number of aromatic nitrogens is 1. The van der Waals surface area contributed by atoms with Crippen LogP contribution in [-0.4, -0.2) is 34.2 Å². The molecule has 108 valence electrons. The zero-order valence-electron chi connectivity index (χ0n) is 11.6. The maximum Gasteiger partial charge on any atom is 0.140 e. The van der Waals surface area contributed by atoms with Crippen LogP contribution >= 0.6 is 11.6 Å². The summed E-state index contributed by atoms with van der Waals surface area (Å²) in [6.07, 6.45) is 2.06. The van der Waals surface area contributed by atoms with Crippen LogP contribution in [0.4, 0.5) is 5.82 Å². The molecule has 1 aromatic rings. The second-order valence-electron chi connectivity index (χ2n) is 4.43. The number of hydrazine groups is 1. The van der Waals surface area contributed by atoms with Gasteiger partial charge in [-0.05, 0) is 25.0 Å². The van der Waals surface area contributed by atoms with Gasteiger partial charge in [-0.2, -0.15) is 0 Å². The number of hydrogen-bond acceptors (Lipinski definition) is 5. The Morgan fingerprint density at radius 1 is 1.42 bits per heavy atom. The Labute approximate surface area is 119 Å². The van der Waals surface area contributed by atoms with E-state index in [1.54, 1.807) is 12.1 Å². The molecule has 1 heterocycles. The summed E-state index contributed by atoms with van der Waals surface area (Å²) in [4.78, 5) is 6.58. The van der Waals surface area contributed by atoms with E-state index in [2.05, 4.69) is 29.2 Å². The van der Waals surface area contributed by atoms with Crippen molar-refractivity contribution in [2.45, 2.75) is 39.3 Å². The molecule has 0 bridgehead atoms. The first kappa shape index (κ1) is 16.2. The first-order chi connectivity index (χ1) is 9.15. The molecule has 0 unspecified atom stereocenters. The first-order valence-electron chi connectivity index (χ1n) is 6.63. The number of nitrogens with two attached hydrogens (primary N) is 1. The van der Waals surface area contributed by atoms with Gasteiger partial charge in [0, 0.05) is 19.1 Å². The normalized spacial score (nSPS) is 11.3. The average molecular weight is 287 g/mol. The van der Waals surface area contributed by atoms with E-state index in [4.69, 9.17) is 17.4 Å². The summed E-state index contributed by atoms with van der Waals surface area (Å²) in [5.41, 5.74) is 3.29. The fraction of sp³-hybridized carbons (Fsp3) is 0.615. The Hall–Kier alpha value is -0.880. The third-order valence-electron chi connectivity index (χ3n) is 3.27. The number of aliphatic hydroxyl groups is 1. The predicted molar refractivity (Wildman–Crippen MR) is 78.9 cm³/mol. The van der Waals surface area contributed by atoms with Gasteiger partial charge in [0.25, 0.3) is 0 Å². The minimum Gasteiger partial charge on any atom is -0.395 e. The highest BCUT2D eigenvalue weighted by molar-refractivity contribution is 6.31. The molecule has 0 atom stereocenters. The first-order valence-corrected chi connectivity index (χ1v) is 7.00. The van der Waals surface area contributed by atoms with Crippen molar-refractivity contribution < 1.29 is 5.11 Å². The van der Waals surface area contributed by atoms with Crippen LogP contribution < -0.4 is 11.3 Å². The molecular formula is C13H23ClN4O. The summed E-state index contributed by atoms with van der Waals surface area (Å²) >= 11 is 6.17. The molecule has 0 aliphatic rings. The maximum absolute atomic E-state index is 9.20. The van der Waals surface area contributed by atoms with Gasteiger partial charge >= 0.3 is 0 Å². The van der Waals surface area contributed by atoms with Crippen LogP contribution in [0, 0.1) is 0 Å². The van der Waals surface area contributed by atoms with Crippen molar-refractivity contribution in [1.82, 2.24) is 9.88 Å². The van der Waals surface area contributed by atoms with Crippen molar-refractivity contribution in [3.8, 4) is 0 Å². The summed E-state index contributed by atoms with van der Waals surface area (Å²) in [6.45, 7) is 5.64. The lowest BCUT2D eigenvalue weighted by Crippen LogP contribution is -2.36. The molecule has 0 aliphatic heterocycles. The Bertz CT molecular complexity index is 385. The van der Waals surface area contributed by atoms with Crippen molar-refractivity contribution in [1.29, 1.82) is 0 Å². The monoisotopic (exact) mass is 286 g/mol. The van der Waals surface area contributed by atoms with Gasteiger partial charge in [-0.25, -0.2) is 10.8 Å². The lowest BCUT2D eigenvalue weighted by Gasteiger charge is -2.29. The molecule has 0 saturated carbocycles. The van der Waals surface area contributed by atoms with Gasteiger partial charge in [0.15, 0.2) is 0 Å². The smallest absolute Gasteiger partial charge is 0.140 e. The van der Waals surface area contributed by atoms with Gasteiger partial charge in [0.1, 0.15) is 5.82 Å². The molecule has 0 aliphatic carbocycles. The lowest BCUT2D eigenvalue weighted by atomic mass is 10.1. The number of nitrogen functional groups attached to an aromatic ring is 1. The highest BCUT2D eigenvalue weighted by atomic mass is 35.5. The Kier molecular flexibility index (Phi) is 7.09. The molecule has 0 amide bonds. The molecule has 5 nitrogen and oxygen atoms in total. The number of hydrogen-bond donors (Lipinski definition) is 3. The van der Waals surface area contributed by atoms with E-state index in [9.17, 15) is 5.11 Å². The summed E-state index contributed by atoms with van der Waals surface area (Å²) in [6, 6.07) is 3.93. The van der Waals surface area contributed by atoms with Crippen LogP contribution in [0.1, 0.15) is 32.4 Å². The number of halogens is 1. The molecule has 4 N–H and O–H groups in total. The van der Waals surface area contributed by atoms with Crippen LogP contribution in [0.2, 0.25) is 5.02 Å². The van der Waals surface area contributed by atoms with Gasteiger partial charge in [0.05, 0.1) is 17.3 Å². The molecule has 0 radical (unpaired) electrons. The maximum atomic E-state index is 9.20. The summed E-state index contributed by atoms with van der Waals surface area (Å²) in [5, 5.41) is 9.82. The van der Waals surface area contributed by atoms with Gasteiger partial charge in [-0.15, -0.1) is 0 Å². The fourth-order valence-corrected chi connectivity index (χ4v) is 2.36. The van der Waals surface area contributed by atoms with Crippen LogP contribution in [0.3, 0.4) is 0 Å². The van der Waals surface area contributed by atoms with Crippen LogP contribution in [-0.2, 0) is 6.54 Å². The van der Waals surface area contributed by atoms with E-state index < -0.39 is 0 Å². The molecule has 19 heavy (non-hydrogen) atoms. The lowest BCUT2D eigenvalue weighted by molar-refractivity contribution is 0.135. The summed E-state index contributed by atoms with van der Waals surface area (Å²) in [7, 11) is 0. The van der Waals surface area contributed by atoms with E-state index >= 15 is 0 Å². The molecule has 0 aromatic carbocycles. The van der Waals surface area contributed by atoms with E-state index in [-0.39, 0.29) is 6.61 Å². The SMILES string of the molecule is CCC(CC)N(CCO)Cc1nc(NN)ccc1Cl. The van der Waals surface area contributed by atoms with Crippen molar-refractivity contribution in [2.24, 2.45) is 5.84 Å². The van der Waals surface area contributed by atoms with Crippen molar-refractivity contribution >= 4 is 17.4 Å². The van der Waals surface area contributed by atoms with Crippen molar-refractivity contribution in [3.05, 3.63) is 22.8 Å². The molecule has 6 heteroatoms. The topological polar surface area (TPSA) is 74.4 Å². The Morgan fingerprint density at radius 2 is 2.11 bits per heavy atom. The van der Waals surface area contributed by atoms with Crippen molar-refractivity contribution in [3.63, 3.8) is 0 Å². The third kappa shape index (κ3) is 4.62. The van der Waals surface area contributed by atoms with E-state index in [1.165, 1.54) is 0 Å². The molecular weight excluding hydrogens is 264 g/mol. The van der Waals surface area contributed by atoms with Gasteiger partial charge in [-0.3, -0.25) is 4.90 Å². The van der Waals surface area contributed by atoms with E-state index in [1.807, 2.05) is 0 Å². The molecule has 0 saturated heterocycles. The average Bonchev–Trinajstić information content (AvgIpc) is 2.42. The Balaban J connectivity index is 2.88. The molecule has 0 fully saturated rings. The van der Waals surface area contributed by atoms with Crippen LogP contribution in [0.5, 0.6) is 0 Å². The second-order valence-corrected chi connectivity index (χ2v) is 4.84. The largest absolute Gasteiger partial charge is 0.395 e. The minimum absolute atomic E-state index is 0.128. The Morgan fingerprint density at radius 3 is 2.63 bits per heavy atom. The van der Waals surface area contributed by atoms with Crippen LogP contribution in [0.15, 0.2) is 12.1 Å². The van der Waals surface area contributed by atoms with Gasteiger partial charge in [0.2, 0.25) is 0 Å². The highest BCUT2D eigenvalue weighted by Gasteiger charge is 2.17. The standard InChI is InChI=1S/C13H23ClN4O/c1-3-10(4-2)18(7-8-19)9-12-11(14)5-6-13(16-12)17-15/h5-6,10,19H,3-4,7-9,15H2,1-2H3,(H,16,17). The van der Waals surface area contributed by atoms with Crippen molar-refractivity contribution in [2.75, 3.05) is 18.6 Å². The molecule has 1 rings (SSSR count). The minimum atomic E-state index is 0.128. The highest BCUT2D eigenvalue weighted by Crippen LogP contribution is 2.20. The van der Waals surface area contributed by atoms with Gasteiger partial charge < -0.3 is 10.5 Å². The van der Waals surface area contributed by atoms with Gasteiger partial charge in [-0.1, -0.05) is 25.4 Å². The number of rotatable bonds is 8. The number of nitrogens with one attached hydrogen (secondary N) is 1. The number of anilines is 1.